The number of rotatable bonds is 8. The summed E-state index contributed by atoms with van der Waals surface area (Å²) in [4.78, 5) is 16.9. The summed E-state index contributed by atoms with van der Waals surface area (Å²) in [5.41, 5.74) is 0.135. The maximum atomic E-state index is 12.3. The van der Waals surface area contributed by atoms with Gasteiger partial charge in [0.15, 0.2) is 28.7 Å². The normalized spacial score (nSPS) is 16.5. The lowest BCUT2D eigenvalue weighted by molar-refractivity contribution is -0.129. The quantitative estimate of drug-likeness (QED) is 0.350. The van der Waals surface area contributed by atoms with E-state index in [0.29, 0.717) is 47.3 Å². The van der Waals surface area contributed by atoms with Gasteiger partial charge in [-0.3, -0.25) is 4.79 Å². The van der Waals surface area contributed by atoms with Gasteiger partial charge in [-0.25, -0.2) is 9.67 Å². The summed E-state index contributed by atoms with van der Waals surface area (Å²) in [6.45, 7) is 10.3. The summed E-state index contributed by atoms with van der Waals surface area (Å²) in [5, 5.41) is 32.0. The zero-order valence-electron chi connectivity index (χ0n) is 22.2. The maximum absolute atomic E-state index is 12.3. The second kappa shape index (κ2) is 9.48. The first-order valence-corrected chi connectivity index (χ1v) is 12.5. The predicted octanol–water partition coefficient (Wildman–Crippen LogP) is 3.29. The van der Waals surface area contributed by atoms with Crippen molar-refractivity contribution in [1.82, 2.24) is 20.1 Å². The number of fused-ring (bicyclic) bond motifs is 2. The fraction of sp³-hybridized carbons (Fsp3) is 0.444. The summed E-state index contributed by atoms with van der Waals surface area (Å²) in [6, 6.07) is 8.52. The monoisotopic (exact) mass is 523 g/mol. The average molecular weight is 524 g/mol. The van der Waals surface area contributed by atoms with Crippen LogP contribution in [-0.2, 0) is 11.3 Å². The molecule has 202 valence electrons. The number of amides is 1. The van der Waals surface area contributed by atoms with Crippen LogP contribution >= 0.6 is 0 Å². The Kier molecular flexibility index (Phi) is 6.44. The number of hydrogen-bond acceptors (Lipinski definition) is 9. The Morgan fingerprint density at radius 1 is 1.21 bits per heavy atom. The molecule has 1 unspecified atom stereocenters. The molecule has 0 bridgehead atoms. The molecule has 0 radical (unpaired) electrons. The zero-order chi connectivity index (χ0) is 27.2. The molecule has 4 N–H and O–H groups in total. The first-order valence-electron chi connectivity index (χ1n) is 12.5. The van der Waals surface area contributed by atoms with Crippen molar-refractivity contribution < 1.29 is 29.2 Å². The van der Waals surface area contributed by atoms with Crippen LogP contribution in [0, 0.1) is 6.92 Å². The van der Waals surface area contributed by atoms with E-state index in [4.69, 9.17) is 14.2 Å². The van der Waals surface area contributed by atoms with Crippen LogP contribution in [0.25, 0.3) is 11.4 Å². The molecule has 0 saturated heterocycles. The Balaban J connectivity index is 1.23. The van der Waals surface area contributed by atoms with Crippen LogP contribution < -0.4 is 24.8 Å². The standard InChI is InChI=1S/C27H33N5O6/c1-15-29-24(16-6-7-21-22(10-16)37-14-36-21)31-32(15)9-8-26(2,3)28-13-20(34)18-11-17(33)12-19-23(18)38-27(4,5)25(35)30-19/h6-7,10-12,20,28,33-34H,8-9,13-14H2,1-5H3,(H,30,35). The van der Waals surface area contributed by atoms with E-state index in [1.807, 2.05) is 43.7 Å². The van der Waals surface area contributed by atoms with Crippen LogP contribution in [0.2, 0.25) is 0 Å². The number of aryl methyl sites for hydroxylation is 2. The Labute approximate surface area is 220 Å². The topological polar surface area (TPSA) is 140 Å². The van der Waals surface area contributed by atoms with Gasteiger partial charge < -0.3 is 35.1 Å². The first-order chi connectivity index (χ1) is 17.9. The van der Waals surface area contributed by atoms with Crippen molar-refractivity contribution in [1.29, 1.82) is 0 Å². The summed E-state index contributed by atoms with van der Waals surface area (Å²) in [6.07, 6.45) is -0.269. The number of anilines is 1. The van der Waals surface area contributed by atoms with Gasteiger partial charge in [-0.05, 0) is 65.3 Å². The predicted molar refractivity (Wildman–Crippen MR) is 139 cm³/mol. The van der Waals surface area contributed by atoms with Crippen molar-refractivity contribution in [2.75, 3.05) is 18.7 Å². The summed E-state index contributed by atoms with van der Waals surface area (Å²) in [7, 11) is 0. The minimum absolute atomic E-state index is 0.0689. The molecule has 11 heteroatoms. The largest absolute Gasteiger partial charge is 0.508 e. The summed E-state index contributed by atoms with van der Waals surface area (Å²) < 4.78 is 18.6. The van der Waals surface area contributed by atoms with Crippen LogP contribution in [0.5, 0.6) is 23.0 Å². The van der Waals surface area contributed by atoms with Crippen molar-refractivity contribution >= 4 is 11.6 Å². The molecule has 1 atom stereocenters. The van der Waals surface area contributed by atoms with Crippen LogP contribution in [-0.4, -0.2) is 55.4 Å². The number of benzene rings is 2. The van der Waals surface area contributed by atoms with Crippen molar-refractivity contribution in [2.24, 2.45) is 0 Å². The average Bonchev–Trinajstić information content (AvgIpc) is 3.47. The number of carbonyl (C=O) groups excluding carboxylic acids is 1. The van der Waals surface area contributed by atoms with Gasteiger partial charge in [0.2, 0.25) is 6.79 Å². The molecule has 1 amide bonds. The second-order valence-corrected chi connectivity index (χ2v) is 10.8. The number of nitrogens with one attached hydrogen (secondary N) is 2. The molecule has 0 fully saturated rings. The molecular weight excluding hydrogens is 490 g/mol. The fourth-order valence-electron chi connectivity index (χ4n) is 4.41. The highest BCUT2D eigenvalue weighted by molar-refractivity contribution is 6.00. The van der Waals surface area contributed by atoms with Gasteiger partial charge in [0, 0.05) is 35.8 Å². The molecular formula is C27H33N5O6. The number of aliphatic hydroxyl groups is 1. The SMILES string of the molecule is Cc1nc(-c2ccc3c(c2)OCO3)nn1CCC(C)(C)NCC(O)c1cc(O)cc2c1OC(C)(C)C(=O)N2. The summed E-state index contributed by atoms with van der Waals surface area (Å²) >= 11 is 0. The Bertz CT molecular complexity index is 1380. The Hall–Kier alpha value is -3.83. The van der Waals surface area contributed by atoms with Crippen molar-refractivity contribution in [3.05, 3.63) is 41.7 Å². The molecule has 0 spiro atoms. The van der Waals surface area contributed by atoms with E-state index in [2.05, 4.69) is 20.7 Å². The van der Waals surface area contributed by atoms with E-state index >= 15 is 0 Å². The van der Waals surface area contributed by atoms with E-state index in [9.17, 15) is 15.0 Å². The number of β-amino-alcohol motifs (C(OH)–C–C–N with tert-alkyl or cyclic N) is 1. The van der Waals surface area contributed by atoms with Gasteiger partial charge in [-0.1, -0.05) is 0 Å². The van der Waals surface area contributed by atoms with E-state index in [1.165, 1.54) is 12.1 Å². The highest BCUT2D eigenvalue weighted by Crippen LogP contribution is 2.42. The third-order valence-electron chi connectivity index (χ3n) is 6.82. The van der Waals surface area contributed by atoms with Crippen LogP contribution in [0.3, 0.4) is 0 Å². The maximum Gasteiger partial charge on any atom is 0.268 e. The van der Waals surface area contributed by atoms with Crippen LogP contribution in [0.1, 0.15) is 51.6 Å². The lowest BCUT2D eigenvalue weighted by Crippen LogP contribution is -2.46. The van der Waals surface area contributed by atoms with Crippen LogP contribution in [0.15, 0.2) is 30.3 Å². The molecule has 38 heavy (non-hydrogen) atoms. The number of aliphatic hydroxyl groups excluding tert-OH is 1. The smallest absolute Gasteiger partial charge is 0.268 e. The van der Waals surface area contributed by atoms with E-state index in [1.54, 1.807) is 13.8 Å². The van der Waals surface area contributed by atoms with Crippen molar-refractivity contribution in [3.8, 4) is 34.4 Å². The lowest BCUT2D eigenvalue weighted by atomic mass is 9.98. The molecule has 11 nitrogen and oxygen atoms in total. The molecule has 2 aliphatic heterocycles. The Morgan fingerprint density at radius 3 is 2.76 bits per heavy atom. The Morgan fingerprint density at radius 2 is 1.97 bits per heavy atom. The first kappa shape index (κ1) is 25.8. The molecule has 0 saturated carbocycles. The van der Waals surface area contributed by atoms with Gasteiger partial charge in [0.25, 0.3) is 5.91 Å². The highest BCUT2D eigenvalue weighted by atomic mass is 16.7. The number of phenolic OH excluding ortho intramolecular Hbond substituents is 1. The van der Waals surface area contributed by atoms with Gasteiger partial charge in [0.1, 0.15) is 11.6 Å². The number of phenols is 1. The van der Waals surface area contributed by atoms with Gasteiger partial charge in [-0.15, -0.1) is 0 Å². The number of aromatic nitrogens is 3. The number of aromatic hydroxyl groups is 1. The molecule has 3 aromatic rings. The van der Waals surface area contributed by atoms with E-state index in [-0.39, 0.29) is 30.5 Å². The van der Waals surface area contributed by atoms with E-state index < -0.39 is 11.7 Å². The molecule has 2 aromatic carbocycles. The number of carbonyl (C=O) groups is 1. The molecule has 2 aliphatic rings. The number of ether oxygens (including phenoxy) is 3. The highest BCUT2D eigenvalue weighted by Gasteiger charge is 2.38. The van der Waals surface area contributed by atoms with Gasteiger partial charge in [0.05, 0.1) is 11.8 Å². The number of nitrogens with zero attached hydrogens (tertiary/aromatic N) is 3. The van der Waals surface area contributed by atoms with E-state index in [0.717, 1.165) is 11.4 Å². The molecule has 0 aliphatic carbocycles. The minimum Gasteiger partial charge on any atom is -0.508 e. The molecule has 1 aromatic heterocycles. The van der Waals surface area contributed by atoms with Gasteiger partial charge in [-0.2, -0.15) is 5.10 Å². The second-order valence-electron chi connectivity index (χ2n) is 10.8. The lowest BCUT2D eigenvalue weighted by Gasteiger charge is -2.34. The zero-order valence-corrected chi connectivity index (χ0v) is 22.2. The fourth-order valence-corrected chi connectivity index (χ4v) is 4.41. The minimum atomic E-state index is -1.10. The van der Waals surface area contributed by atoms with Crippen molar-refractivity contribution in [3.63, 3.8) is 0 Å². The third kappa shape index (κ3) is 5.11. The van der Waals surface area contributed by atoms with Crippen molar-refractivity contribution in [2.45, 2.75) is 64.8 Å². The third-order valence-corrected chi connectivity index (χ3v) is 6.82. The molecule has 5 rings (SSSR count). The number of hydrogen-bond donors (Lipinski definition) is 4. The van der Waals surface area contributed by atoms with Gasteiger partial charge >= 0.3 is 0 Å². The van der Waals surface area contributed by atoms with Crippen LogP contribution in [0.4, 0.5) is 5.69 Å². The molecule has 3 heterocycles. The summed E-state index contributed by atoms with van der Waals surface area (Å²) in [5.74, 6) is 2.78.